The lowest BCUT2D eigenvalue weighted by molar-refractivity contribution is 0.442. The molecule has 2 heterocycles. The van der Waals surface area contributed by atoms with Crippen LogP contribution in [0.4, 0.5) is 11.6 Å². The number of benzene rings is 2. The van der Waals surface area contributed by atoms with Crippen molar-refractivity contribution in [1.29, 1.82) is 0 Å². The molecule has 0 saturated heterocycles. The van der Waals surface area contributed by atoms with Crippen LogP contribution in [0, 0.1) is 0 Å². The van der Waals surface area contributed by atoms with Crippen molar-refractivity contribution in [1.82, 2.24) is 19.5 Å². The number of anilines is 2. The van der Waals surface area contributed by atoms with Gasteiger partial charge in [0, 0.05) is 30.4 Å². The summed E-state index contributed by atoms with van der Waals surface area (Å²) < 4.78 is 7.51. The summed E-state index contributed by atoms with van der Waals surface area (Å²) in [6, 6.07) is 9.04. The third-order valence-electron chi connectivity index (χ3n) is 4.24. The summed E-state index contributed by atoms with van der Waals surface area (Å²) in [5, 5.41) is 4.54. The van der Waals surface area contributed by atoms with E-state index in [1.165, 1.54) is 12.4 Å². The molecule has 0 amide bonds. The number of ether oxygens (including phenoxy) is 1. The fourth-order valence-electron chi connectivity index (χ4n) is 2.77. The molecule has 0 aliphatic carbocycles. The minimum absolute atomic E-state index is 0.122. The lowest BCUT2D eigenvalue weighted by Gasteiger charge is -2.11. The Morgan fingerprint density at radius 3 is 2.59 bits per heavy atom. The predicted molar refractivity (Wildman–Crippen MR) is 116 cm³/mol. The molecule has 10 heteroatoms. The molecule has 0 spiro atoms. The number of aryl methyl sites for hydroxylation is 1. The Labute approximate surface area is 181 Å². The van der Waals surface area contributed by atoms with E-state index in [0.29, 0.717) is 39.0 Å². The van der Waals surface area contributed by atoms with Crippen molar-refractivity contribution in [3.8, 4) is 11.8 Å². The molecule has 148 valence electrons. The molecule has 0 radical (unpaired) electrons. The Kier molecular flexibility index (Phi) is 5.36. The van der Waals surface area contributed by atoms with E-state index in [1.54, 1.807) is 12.1 Å². The summed E-state index contributed by atoms with van der Waals surface area (Å²) in [7, 11) is 1.91. The van der Waals surface area contributed by atoms with Gasteiger partial charge in [0.2, 0.25) is 5.95 Å². The highest BCUT2D eigenvalue weighted by Crippen LogP contribution is 2.34. The number of hydrogen-bond donors (Lipinski definition) is 2. The molecule has 29 heavy (non-hydrogen) atoms. The zero-order valence-electron chi connectivity index (χ0n) is 15.2. The van der Waals surface area contributed by atoms with Gasteiger partial charge in [-0.05, 0) is 29.8 Å². The molecule has 4 rings (SSSR count). The molecule has 3 N–H and O–H groups in total. The number of halogens is 3. The average molecular weight is 450 g/mol. The quantitative estimate of drug-likeness (QED) is 0.401. The van der Waals surface area contributed by atoms with Gasteiger partial charge in [0.25, 0.3) is 0 Å². The van der Waals surface area contributed by atoms with Crippen LogP contribution in [0.1, 0.15) is 5.56 Å². The number of nitrogens with zero attached hydrogens (tertiary/aromatic N) is 4. The maximum absolute atomic E-state index is 6.41. The Bertz CT molecular complexity index is 1190. The summed E-state index contributed by atoms with van der Waals surface area (Å²) >= 11 is 18.5. The number of fused-ring (bicyclic) bond motifs is 1. The summed E-state index contributed by atoms with van der Waals surface area (Å²) in [6.07, 6.45) is 2.87. The Morgan fingerprint density at radius 1 is 1.07 bits per heavy atom. The lowest BCUT2D eigenvalue weighted by Crippen LogP contribution is -2.05. The second kappa shape index (κ2) is 7.94. The highest BCUT2D eigenvalue weighted by molar-refractivity contribution is 6.34. The maximum atomic E-state index is 6.41. The van der Waals surface area contributed by atoms with Gasteiger partial charge in [0.15, 0.2) is 5.75 Å². The second-order valence-electron chi connectivity index (χ2n) is 6.26. The fraction of sp³-hybridized carbons (Fsp3) is 0.105. The van der Waals surface area contributed by atoms with Gasteiger partial charge in [-0.2, -0.15) is 0 Å². The zero-order chi connectivity index (χ0) is 20.5. The highest BCUT2D eigenvalue weighted by Gasteiger charge is 2.13. The van der Waals surface area contributed by atoms with Crippen molar-refractivity contribution in [2.75, 3.05) is 11.1 Å². The minimum atomic E-state index is 0.122. The first-order chi connectivity index (χ1) is 13.9. The van der Waals surface area contributed by atoms with Gasteiger partial charge in [-0.15, -0.1) is 0 Å². The van der Waals surface area contributed by atoms with Crippen LogP contribution in [-0.4, -0.2) is 19.5 Å². The molecule has 7 nitrogen and oxygen atoms in total. The smallest absolute Gasteiger partial charge is 0.322 e. The zero-order valence-corrected chi connectivity index (χ0v) is 17.4. The van der Waals surface area contributed by atoms with Gasteiger partial charge in [-0.1, -0.05) is 34.8 Å². The van der Waals surface area contributed by atoms with E-state index in [-0.39, 0.29) is 6.01 Å². The van der Waals surface area contributed by atoms with Crippen LogP contribution in [0.3, 0.4) is 0 Å². The normalized spacial score (nSPS) is 11.0. The van der Waals surface area contributed by atoms with Crippen LogP contribution >= 0.6 is 34.8 Å². The van der Waals surface area contributed by atoms with Crippen molar-refractivity contribution in [2.45, 2.75) is 6.54 Å². The monoisotopic (exact) mass is 448 g/mol. The first-order valence-corrected chi connectivity index (χ1v) is 9.63. The molecule has 0 saturated carbocycles. The largest absolute Gasteiger partial charge is 0.423 e. The summed E-state index contributed by atoms with van der Waals surface area (Å²) in [5.41, 5.74) is 9.11. The van der Waals surface area contributed by atoms with Crippen LogP contribution in [0.5, 0.6) is 11.8 Å². The fourth-order valence-corrected chi connectivity index (χ4v) is 3.32. The standard InChI is InChI=1S/C19H15Cl3N6O/c1-28-16-5-12(23)2-3-15(16)27-18(28)24-7-10-4-14(22)17(6-13(10)21)29-19-25-8-11(20)9-26-19/h2-6,8-9H,7,23H2,1H3,(H,24,27). The first-order valence-electron chi connectivity index (χ1n) is 8.50. The van der Waals surface area contributed by atoms with Crippen molar-refractivity contribution < 1.29 is 4.74 Å². The molecular formula is C19H15Cl3N6O. The van der Waals surface area contributed by atoms with Crippen LogP contribution in [0.2, 0.25) is 15.1 Å². The van der Waals surface area contributed by atoms with E-state index in [4.69, 9.17) is 45.3 Å². The number of rotatable bonds is 5. The van der Waals surface area contributed by atoms with E-state index >= 15 is 0 Å². The topological polar surface area (TPSA) is 90.9 Å². The van der Waals surface area contributed by atoms with Crippen LogP contribution in [-0.2, 0) is 13.6 Å². The van der Waals surface area contributed by atoms with E-state index in [1.807, 2.05) is 29.8 Å². The van der Waals surface area contributed by atoms with Gasteiger partial charge in [0.05, 0.1) is 33.5 Å². The molecule has 0 aliphatic heterocycles. The number of nitrogens with one attached hydrogen (secondary N) is 1. The van der Waals surface area contributed by atoms with E-state index in [0.717, 1.165) is 16.6 Å². The molecule has 2 aromatic heterocycles. The van der Waals surface area contributed by atoms with E-state index in [2.05, 4.69) is 20.3 Å². The molecule has 0 atom stereocenters. The molecule has 0 unspecified atom stereocenters. The van der Waals surface area contributed by atoms with Crippen LogP contribution < -0.4 is 15.8 Å². The third-order valence-corrected chi connectivity index (χ3v) is 5.08. The molecule has 0 aliphatic rings. The Balaban J connectivity index is 1.53. The summed E-state index contributed by atoms with van der Waals surface area (Å²) in [5.74, 6) is 1.04. The minimum Gasteiger partial charge on any atom is -0.423 e. The van der Waals surface area contributed by atoms with Crippen LogP contribution in [0.15, 0.2) is 42.7 Å². The maximum Gasteiger partial charge on any atom is 0.322 e. The summed E-state index contributed by atoms with van der Waals surface area (Å²) in [6.45, 7) is 0.420. The van der Waals surface area contributed by atoms with Crippen molar-refractivity contribution in [3.63, 3.8) is 0 Å². The predicted octanol–water partition coefficient (Wildman–Crippen LogP) is 5.31. The highest BCUT2D eigenvalue weighted by atomic mass is 35.5. The molecule has 2 aromatic carbocycles. The number of nitrogen functional groups attached to an aromatic ring is 1. The molecule has 0 bridgehead atoms. The van der Waals surface area contributed by atoms with Gasteiger partial charge in [-0.25, -0.2) is 15.0 Å². The van der Waals surface area contributed by atoms with Gasteiger partial charge >= 0.3 is 6.01 Å². The van der Waals surface area contributed by atoms with Crippen molar-refractivity contribution in [2.24, 2.45) is 7.05 Å². The number of imidazole rings is 1. The second-order valence-corrected chi connectivity index (χ2v) is 7.51. The molecular weight excluding hydrogens is 435 g/mol. The molecule has 0 fully saturated rings. The van der Waals surface area contributed by atoms with Gasteiger partial charge in [-0.3, -0.25) is 0 Å². The first kappa shape index (κ1) is 19.6. The van der Waals surface area contributed by atoms with E-state index < -0.39 is 0 Å². The number of nitrogens with two attached hydrogens (primary N) is 1. The number of hydrogen-bond acceptors (Lipinski definition) is 6. The SMILES string of the molecule is Cn1c(NCc2cc(Cl)c(Oc3ncc(Cl)cn3)cc2Cl)nc2ccc(N)cc21. The molecule has 4 aromatic rings. The van der Waals surface area contributed by atoms with Gasteiger partial charge < -0.3 is 20.4 Å². The number of aromatic nitrogens is 4. The van der Waals surface area contributed by atoms with Gasteiger partial charge in [0.1, 0.15) is 0 Å². The van der Waals surface area contributed by atoms with E-state index in [9.17, 15) is 0 Å². The van der Waals surface area contributed by atoms with Crippen LogP contribution in [0.25, 0.3) is 11.0 Å². The Hall–Kier alpha value is -2.74. The summed E-state index contributed by atoms with van der Waals surface area (Å²) in [4.78, 5) is 12.5. The Morgan fingerprint density at radius 2 is 1.83 bits per heavy atom. The van der Waals surface area contributed by atoms with Crippen molar-refractivity contribution >= 4 is 57.5 Å². The average Bonchev–Trinajstić information content (AvgIpc) is 3.00. The van der Waals surface area contributed by atoms with Crippen molar-refractivity contribution in [3.05, 3.63) is 63.4 Å². The third kappa shape index (κ3) is 4.17. The lowest BCUT2D eigenvalue weighted by atomic mass is 10.2.